The molecular formula is C22H28N2O5. The fourth-order valence-corrected chi connectivity index (χ4v) is 3.93. The van der Waals surface area contributed by atoms with E-state index in [1.165, 1.54) is 29.5 Å². The summed E-state index contributed by atoms with van der Waals surface area (Å²) in [6, 6.07) is 4.43. The van der Waals surface area contributed by atoms with Gasteiger partial charge in [0.25, 0.3) is 17.7 Å². The van der Waals surface area contributed by atoms with Gasteiger partial charge in [-0.3, -0.25) is 19.3 Å². The summed E-state index contributed by atoms with van der Waals surface area (Å²) in [4.78, 5) is 50.5. The van der Waals surface area contributed by atoms with E-state index in [1.807, 2.05) is 6.92 Å². The van der Waals surface area contributed by atoms with Crippen molar-refractivity contribution in [3.8, 4) is 0 Å². The molecule has 0 aromatic heterocycles. The van der Waals surface area contributed by atoms with Gasteiger partial charge in [0.1, 0.15) is 0 Å². The molecule has 1 N–H and O–H groups in total. The van der Waals surface area contributed by atoms with Gasteiger partial charge in [0, 0.05) is 12.6 Å². The molecule has 7 nitrogen and oxygen atoms in total. The minimum Gasteiger partial charge on any atom is -0.452 e. The number of ether oxygens (including phenoxy) is 1. The summed E-state index contributed by atoms with van der Waals surface area (Å²) < 4.78 is 5.12. The summed E-state index contributed by atoms with van der Waals surface area (Å²) in [6.07, 6.45) is 5.89. The Balaban J connectivity index is 1.58. The number of carbonyl (C=O) groups is 4. The molecule has 0 spiro atoms. The van der Waals surface area contributed by atoms with Gasteiger partial charge >= 0.3 is 5.97 Å². The van der Waals surface area contributed by atoms with Crippen LogP contribution in [0.5, 0.6) is 0 Å². The quantitative estimate of drug-likeness (QED) is 0.561. The van der Waals surface area contributed by atoms with Gasteiger partial charge in [0.05, 0.1) is 16.7 Å². The number of carbonyl (C=O) groups excluding carboxylic acids is 4. The van der Waals surface area contributed by atoms with Gasteiger partial charge in [0.15, 0.2) is 6.61 Å². The van der Waals surface area contributed by atoms with E-state index in [-0.39, 0.29) is 35.6 Å². The Hall–Kier alpha value is -2.70. The van der Waals surface area contributed by atoms with Crippen molar-refractivity contribution in [1.29, 1.82) is 0 Å². The highest BCUT2D eigenvalue weighted by Crippen LogP contribution is 2.25. The van der Waals surface area contributed by atoms with Crippen molar-refractivity contribution in [3.63, 3.8) is 0 Å². The molecule has 3 amide bonds. The van der Waals surface area contributed by atoms with E-state index in [2.05, 4.69) is 12.2 Å². The molecule has 0 radical (unpaired) electrons. The third kappa shape index (κ3) is 4.66. The lowest BCUT2D eigenvalue weighted by Gasteiger charge is -2.29. The number of nitrogens with zero attached hydrogens (tertiary/aromatic N) is 1. The zero-order chi connectivity index (χ0) is 21.0. The molecule has 2 atom stereocenters. The van der Waals surface area contributed by atoms with Crippen LogP contribution in [-0.4, -0.2) is 47.8 Å². The minimum atomic E-state index is -0.688. The predicted octanol–water partition coefficient (Wildman–Crippen LogP) is 2.93. The highest BCUT2D eigenvalue weighted by atomic mass is 16.5. The van der Waals surface area contributed by atoms with Crippen molar-refractivity contribution < 1.29 is 23.9 Å². The second kappa shape index (κ2) is 9.20. The molecule has 2 aliphatic rings. The van der Waals surface area contributed by atoms with E-state index in [0.717, 1.165) is 32.1 Å². The van der Waals surface area contributed by atoms with E-state index in [0.29, 0.717) is 18.0 Å². The van der Waals surface area contributed by atoms with Gasteiger partial charge in [-0.15, -0.1) is 0 Å². The number of imide groups is 1. The van der Waals surface area contributed by atoms with Crippen LogP contribution in [0.25, 0.3) is 0 Å². The van der Waals surface area contributed by atoms with Crippen LogP contribution in [0.3, 0.4) is 0 Å². The van der Waals surface area contributed by atoms with Crippen LogP contribution in [0.2, 0.25) is 0 Å². The number of hydrogen-bond donors (Lipinski definition) is 1. The number of amides is 3. The molecule has 1 aliphatic carbocycles. The Morgan fingerprint density at radius 2 is 1.86 bits per heavy atom. The van der Waals surface area contributed by atoms with Gasteiger partial charge in [-0.05, 0) is 43.4 Å². The molecule has 1 fully saturated rings. The second-order valence-corrected chi connectivity index (χ2v) is 7.89. The Bertz CT molecular complexity index is 819. The SMILES string of the molecule is CCCCN1C(=O)c2ccc(C(=O)OCC(=O)NC3CCCCC3C)cc2C1=O. The molecule has 2 unspecified atom stereocenters. The average molecular weight is 400 g/mol. The van der Waals surface area contributed by atoms with Gasteiger partial charge in [0.2, 0.25) is 0 Å². The van der Waals surface area contributed by atoms with Gasteiger partial charge in [-0.1, -0.05) is 33.1 Å². The first kappa shape index (κ1) is 21.0. The lowest BCUT2D eigenvalue weighted by molar-refractivity contribution is -0.125. The zero-order valence-corrected chi connectivity index (χ0v) is 17.0. The maximum Gasteiger partial charge on any atom is 0.338 e. The molecule has 1 aliphatic heterocycles. The molecule has 156 valence electrons. The first-order valence-corrected chi connectivity index (χ1v) is 10.4. The number of fused-ring (bicyclic) bond motifs is 1. The Kier molecular flexibility index (Phi) is 6.67. The molecule has 1 heterocycles. The fraction of sp³-hybridized carbons (Fsp3) is 0.545. The van der Waals surface area contributed by atoms with E-state index >= 15 is 0 Å². The van der Waals surface area contributed by atoms with E-state index in [1.54, 1.807) is 0 Å². The Morgan fingerprint density at radius 3 is 2.59 bits per heavy atom. The van der Waals surface area contributed by atoms with E-state index < -0.39 is 11.9 Å². The lowest BCUT2D eigenvalue weighted by Crippen LogP contribution is -2.42. The van der Waals surface area contributed by atoms with Crippen molar-refractivity contribution >= 4 is 23.7 Å². The molecule has 1 aromatic carbocycles. The molecular weight excluding hydrogens is 372 g/mol. The van der Waals surface area contributed by atoms with Gasteiger partial charge in [-0.2, -0.15) is 0 Å². The topological polar surface area (TPSA) is 92.8 Å². The van der Waals surface area contributed by atoms with Crippen LogP contribution in [0.15, 0.2) is 18.2 Å². The largest absolute Gasteiger partial charge is 0.452 e. The second-order valence-electron chi connectivity index (χ2n) is 7.89. The molecule has 0 saturated heterocycles. The van der Waals surface area contributed by atoms with Crippen LogP contribution in [0.1, 0.15) is 83.4 Å². The Labute approximate surface area is 170 Å². The molecule has 7 heteroatoms. The van der Waals surface area contributed by atoms with Crippen molar-refractivity contribution in [1.82, 2.24) is 10.2 Å². The van der Waals surface area contributed by atoms with Crippen molar-refractivity contribution in [2.75, 3.05) is 13.2 Å². The number of rotatable bonds is 7. The Morgan fingerprint density at radius 1 is 1.14 bits per heavy atom. The first-order valence-electron chi connectivity index (χ1n) is 10.4. The predicted molar refractivity (Wildman–Crippen MR) is 107 cm³/mol. The maximum absolute atomic E-state index is 12.5. The summed E-state index contributed by atoms with van der Waals surface area (Å²) in [5.74, 6) is -1.32. The smallest absolute Gasteiger partial charge is 0.338 e. The van der Waals surface area contributed by atoms with E-state index in [9.17, 15) is 19.2 Å². The standard InChI is InChI=1S/C22H28N2O5/c1-3-4-11-24-20(26)16-10-9-15(12-17(16)21(24)27)22(28)29-13-19(25)23-18-8-6-5-7-14(18)2/h9-10,12,14,18H,3-8,11,13H2,1-2H3,(H,23,25). The van der Waals surface area contributed by atoms with E-state index in [4.69, 9.17) is 4.74 Å². The maximum atomic E-state index is 12.5. The third-order valence-electron chi connectivity index (χ3n) is 5.73. The van der Waals surface area contributed by atoms with Crippen LogP contribution in [0.4, 0.5) is 0 Å². The van der Waals surface area contributed by atoms with Crippen LogP contribution >= 0.6 is 0 Å². The first-order chi connectivity index (χ1) is 13.9. The number of esters is 1. The highest BCUT2D eigenvalue weighted by molar-refractivity contribution is 6.21. The number of nitrogens with one attached hydrogen (secondary N) is 1. The molecule has 29 heavy (non-hydrogen) atoms. The lowest BCUT2D eigenvalue weighted by atomic mass is 9.86. The van der Waals surface area contributed by atoms with Crippen molar-refractivity contribution in [2.24, 2.45) is 5.92 Å². The molecule has 1 saturated carbocycles. The molecule has 0 bridgehead atoms. The van der Waals surface area contributed by atoms with Crippen molar-refractivity contribution in [2.45, 2.75) is 58.4 Å². The van der Waals surface area contributed by atoms with Crippen LogP contribution < -0.4 is 5.32 Å². The van der Waals surface area contributed by atoms with Gasteiger partial charge in [-0.25, -0.2) is 4.79 Å². The van der Waals surface area contributed by atoms with Gasteiger partial charge < -0.3 is 10.1 Å². The van der Waals surface area contributed by atoms with Crippen molar-refractivity contribution in [3.05, 3.63) is 34.9 Å². The number of benzene rings is 1. The average Bonchev–Trinajstić information content (AvgIpc) is 2.96. The van der Waals surface area contributed by atoms with Crippen LogP contribution in [-0.2, 0) is 9.53 Å². The molecule has 1 aromatic rings. The van der Waals surface area contributed by atoms with Crippen LogP contribution in [0, 0.1) is 5.92 Å². The summed E-state index contributed by atoms with van der Waals surface area (Å²) >= 11 is 0. The summed E-state index contributed by atoms with van der Waals surface area (Å²) in [5, 5.41) is 2.93. The summed E-state index contributed by atoms with van der Waals surface area (Å²) in [7, 11) is 0. The number of hydrogen-bond acceptors (Lipinski definition) is 5. The zero-order valence-electron chi connectivity index (χ0n) is 17.0. The highest BCUT2D eigenvalue weighted by Gasteiger charge is 2.35. The fourth-order valence-electron chi connectivity index (χ4n) is 3.93. The normalized spacial score (nSPS) is 21.1. The summed E-state index contributed by atoms with van der Waals surface area (Å²) in [6.45, 7) is 4.09. The minimum absolute atomic E-state index is 0.118. The summed E-state index contributed by atoms with van der Waals surface area (Å²) in [5.41, 5.74) is 0.661. The monoisotopic (exact) mass is 400 g/mol. The molecule has 3 rings (SSSR count). The third-order valence-corrected chi connectivity index (χ3v) is 5.73. The number of unbranched alkanes of at least 4 members (excludes halogenated alkanes) is 1.